The third-order valence-corrected chi connectivity index (χ3v) is 6.36. The summed E-state index contributed by atoms with van der Waals surface area (Å²) in [5, 5.41) is 4.39. The lowest BCUT2D eigenvalue weighted by molar-refractivity contribution is -0.131. The van der Waals surface area contributed by atoms with Gasteiger partial charge in [-0.05, 0) is 39.9 Å². The number of fused-ring (bicyclic) bond motifs is 1. The maximum absolute atomic E-state index is 13.9. The number of hydrazine groups is 1. The maximum Gasteiger partial charge on any atom is 0.258 e. The zero-order chi connectivity index (χ0) is 26.9. The van der Waals surface area contributed by atoms with Gasteiger partial charge in [0.05, 0.1) is 19.1 Å². The minimum atomic E-state index is -1.05. The fourth-order valence-electron chi connectivity index (χ4n) is 4.49. The summed E-state index contributed by atoms with van der Waals surface area (Å²) in [7, 11) is 0. The molecular formula is C30H30N4O4. The Labute approximate surface area is 220 Å². The molecule has 0 heterocycles. The number of nitrogens with one attached hydrogen (secondary N) is 2. The quantitative estimate of drug-likeness (QED) is 0.140. The van der Waals surface area contributed by atoms with Crippen LogP contribution in [0.4, 0.5) is 0 Å². The molecule has 4 aromatic carbocycles. The van der Waals surface area contributed by atoms with Crippen molar-refractivity contribution in [2.24, 2.45) is 11.6 Å². The van der Waals surface area contributed by atoms with Gasteiger partial charge in [0.1, 0.15) is 6.04 Å². The Bertz CT molecular complexity index is 1410. The Kier molecular flexibility index (Phi) is 8.81. The number of primary amides is 1. The van der Waals surface area contributed by atoms with Crippen molar-refractivity contribution in [1.82, 2.24) is 10.7 Å². The van der Waals surface area contributed by atoms with E-state index in [1.807, 2.05) is 84.9 Å². The Balaban J connectivity index is 1.68. The second-order valence-corrected chi connectivity index (χ2v) is 8.92. The average molecular weight is 511 g/mol. The van der Waals surface area contributed by atoms with Crippen LogP contribution in [0.25, 0.3) is 10.8 Å². The maximum atomic E-state index is 13.9. The Morgan fingerprint density at radius 2 is 1.39 bits per heavy atom. The first-order valence-corrected chi connectivity index (χ1v) is 12.3. The van der Waals surface area contributed by atoms with E-state index in [9.17, 15) is 14.4 Å². The number of benzene rings is 4. The summed E-state index contributed by atoms with van der Waals surface area (Å²) >= 11 is 0. The van der Waals surface area contributed by atoms with Crippen molar-refractivity contribution in [2.75, 3.05) is 6.61 Å². The van der Waals surface area contributed by atoms with Crippen LogP contribution in [-0.4, -0.2) is 30.4 Å². The highest BCUT2D eigenvalue weighted by molar-refractivity contribution is 6.04. The molecule has 0 aliphatic rings. The van der Waals surface area contributed by atoms with E-state index < -0.39 is 29.7 Å². The fraction of sp³-hybridized carbons (Fsp3) is 0.167. The van der Waals surface area contributed by atoms with E-state index in [0.29, 0.717) is 5.56 Å². The van der Waals surface area contributed by atoms with Gasteiger partial charge in [0.15, 0.2) is 0 Å². The topological polar surface area (TPSA) is 137 Å². The summed E-state index contributed by atoms with van der Waals surface area (Å²) in [6, 6.07) is 28.8. The highest BCUT2D eigenvalue weighted by atomic mass is 16.5. The van der Waals surface area contributed by atoms with Crippen LogP contribution in [0.1, 0.15) is 33.0 Å². The van der Waals surface area contributed by atoms with Gasteiger partial charge in [-0.3, -0.25) is 19.8 Å². The zero-order valence-electron chi connectivity index (χ0n) is 20.8. The number of ether oxygens (including phenoxy) is 1. The second kappa shape index (κ2) is 12.6. The first-order chi connectivity index (χ1) is 18.5. The molecule has 38 heavy (non-hydrogen) atoms. The van der Waals surface area contributed by atoms with Gasteiger partial charge in [-0.15, -0.1) is 0 Å². The molecule has 0 aliphatic heterocycles. The van der Waals surface area contributed by atoms with E-state index >= 15 is 0 Å². The highest BCUT2D eigenvalue weighted by Crippen LogP contribution is 2.32. The van der Waals surface area contributed by atoms with Crippen LogP contribution in [-0.2, 0) is 27.4 Å². The molecule has 0 unspecified atom stereocenters. The molecule has 0 aliphatic carbocycles. The normalized spacial score (nSPS) is 12.4. The van der Waals surface area contributed by atoms with Crippen LogP contribution in [0.5, 0.6) is 0 Å². The molecule has 2 atom stereocenters. The fourth-order valence-corrected chi connectivity index (χ4v) is 4.49. The van der Waals surface area contributed by atoms with Gasteiger partial charge in [0.2, 0.25) is 11.8 Å². The molecule has 194 valence electrons. The SMILES string of the molecule is NNC(=O)[C@H](COCc1ccccc1)NC(=O)[C@@H](Cc1ccccc1)c1c(C(N)=O)ccc2ccccc12. The second-order valence-electron chi connectivity index (χ2n) is 8.92. The van der Waals surface area contributed by atoms with E-state index in [0.717, 1.165) is 21.9 Å². The van der Waals surface area contributed by atoms with Gasteiger partial charge in [-0.25, -0.2) is 5.84 Å². The van der Waals surface area contributed by atoms with Crippen LogP contribution in [0.15, 0.2) is 97.1 Å². The van der Waals surface area contributed by atoms with Crippen molar-refractivity contribution < 1.29 is 19.1 Å². The van der Waals surface area contributed by atoms with Crippen molar-refractivity contribution in [1.29, 1.82) is 0 Å². The number of amides is 3. The summed E-state index contributed by atoms with van der Waals surface area (Å²) < 4.78 is 5.74. The lowest BCUT2D eigenvalue weighted by Crippen LogP contribution is -2.52. The van der Waals surface area contributed by atoms with E-state index in [-0.39, 0.29) is 25.2 Å². The highest BCUT2D eigenvalue weighted by Gasteiger charge is 2.30. The van der Waals surface area contributed by atoms with Crippen molar-refractivity contribution >= 4 is 28.5 Å². The minimum Gasteiger partial charge on any atom is -0.374 e. The first-order valence-electron chi connectivity index (χ1n) is 12.3. The number of nitrogens with two attached hydrogens (primary N) is 2. The molecule has 0 bridgehead atoms. The van der Waals surface area contributed by atoms with E-state index in [1.165, 1.54) is 0 Å². The molecule has 0 saturated heterocycles. The third-order valence-electron chi connectivity index (χ3n) is 6.36. The smallest absolute Gasteiger partial charge is 0.258 e. The van der Waals surface area contributed by atoms with Crippen LogP contribution < -0.4 is 22.3 Å². The molecule has 8 heteroatoms. The Hall–Kier alpha value is -4.53. The molecule has 0 aromatic heterocycles. The lowest BCUT2D eigenvalue weighted by atomic mass is 9.84. The standard InChI is InChI=1S/C30H30N4O4/c31-28(35)24-16-15-22-13-7-8-14-23(22)27(24)25(17-20-9-3-1-4-10-20)29(36)33-26(30(37)34-32)19-38-18-21-11-5-2-6-12-21/h1-16,25-26H,17-19,32H2,(H2,31,35)(H,33,36)(H,34,37)/t25-,26-/m0/s1. The summed E-state index contributed by atoms with van der Waals surface area (Å²) in [6.45, 7) is 0.160. The van der Waals surface area contributed by atoms with Crippen LogP contribution in [0.3, 0.4) is 0 Å². The largest absolute Gasteiger partial charge is 0.374 e. The molecular weight excluding hydrogens is 480 g/mol. The first kappa shape index (κ1) is 26.5. The lowest BCUT2D eigenvalue weighted by Gasteiger charge is -2.24. The average Bonchev–Trinajstić information content (AvgIpc) is 2.95. The Morgan fingerprint density at radius 1 is 0.763 bits per heavy atom. The van der Waals surface area contributed by atoms with Gasteiger partial charge >= 0.3 is 0 Å². The molecule has 4 rings (SSSR count). The molecule has 0 saturated carbocycles. The van der Waals surface area contributed by atoms with Crippen LogP contribution >= 0.6 is 0 Å². The predicted octanol–water partition coefficient (Wildman–Crippen LogP) is 2.96. The number of hydrogen-bond donors (Lipinski definition) is 4. The molecule has 8 nitrogen and oxygen atoms in total. The Morgan fingerprint density at radius 3 is 2.05 bits per heavy atom. The van der Waals surface area contributed by atoms with Crippen molar-refractivity contribution in [2.45, 2.75) is 25.0 Å². The molecule has 4 aromatic rings. The number of hydrogen-bond acceptors (Lipinski definition) is 5. The predicted molar refractivity (Wildman–Crippen MR) is 146 cm³/mol. The zero-order valence-corrected chi connectivity index (χ0v) is 20.8. The minimum absolute atomic E-state index is 0.0973. The van der Waals surface area contributed by atoms with Gasteiger partial charge in [0.25, 0.3) is 5.91 Å². The van der Waals surface area contributed by atoms with Gasteiger partial charge < -0.3 is 15.8 Å². The summed E-state index contributed by atoms with van der Waals surface area (Å²) in [5.41, 5.74) is 10.4. The van der Waals surface area contributed by atoms with Gasteiger partial charge in [-0.1, -0.05) is 91.0 Å². The number of carbonyl (C=O) groups excluding carboxylic acids is 3. The molecule has 6 N–H and O–H groups in total. The molecule has 0 fully saturated rings. The van der Waals surface area contributed by atoms with Crippen molar-refractivity contribution in [3.8, 4) is 0 Å². The van der Waals surface area contributed by atoms with Gasteiger partial charge in [-0.2, -0.15) is 0 Å². The molecule has 3 amide bonds. The van der Waals surface area contributed by atoms with Gasteiger partial charge in [0, 0.05) is 5.56 Å². The number of carbonyl (C=O) groups is 3. The van der Waals surface area contributed by atoms with E-state index in [4.69, 9.17) is 16.3 Å². The van der Waals surface area contributed by atoms with Crippen molar-refractivity contribution in [3.63, 3.8) is 0 Å². The van der Waals surface area contributed by atoms with Crippen LogP contribution in [0.2, 0.25) is 0 Å². The van der Waals surface area contributed by atoms with E-state index in [2.05, 4.69) is 10.7 Å². The molecule has 0 radical (unpaired) electrons. The summed E-state index contributed by atoms with van der Waals surface area (Å²) in [5.74, 6) is 2.89. The number of rotatable bonds is 11. The monoisotopic (exact) mass is 510 g/mol. The summed E-state index contributed by atoms with van der Waals surface area (Å²) in [4.78, 5) is 39.0. The van der Waals surface area contributed by atoms with E-state index in [1.54, 1.807) is 12.1 Å². The van der Waals surface area contributed by atoms with Crippen LogP contribution in [0, 0.1) is 0 Å². The third kappa shape index (κ3) is 6.42. The summed E-state index contributed by atoms with van der Waals surface area (Å²) in [6.07, 6.45) is 0.281. The molecule has 0 spiro atoms. The van der Waals surface area contributed by atoms with Crippen molar-refractivity contribution in [3.05, 3.63) is 119 Å².